The molecule has 0 aromatic heterocycles. The van der Waals surface area contributed by atoms with Crippen LogP contribution in [0.5, 0.6) is 5.75 Å². The van der Waals surface area contributed by atoms with E-state index in [4.69, 9.17) is 0 Å². The molecule has 40 heavy (non-hydrogen) atoms. The minimum atomic E-state index is -1.14. The average Bonchev–Trinajstić information content (AvgIpc) is 3.34. The van der Waals surface area contributed by atoms with E-state index in [1.54, 1.807) is 41.3 Å². The topological polar surface area (TPSA) is 95.0 Å². The molecule has 2 saturated heterocycles. The van der Waals surface area contributed by atoms with Crippen LogP contribution in [0.1, 0.15) is 63.4 Å². The molecule has 0 radical (unpaired) electrons. The maximum Gasteiger partial charge on any atom is 0.241 e. The van der Waals surface area contributed by atoms with Gasteiger partial charge in [0.2, 0.25) is 23.6 Å². The summed E-state index contributed by atoms with van der Waals surface area (Å²) in [6.45, 7) is 1.84. The maximum absolute atomic E-state index is 14.3. The molecular formula is C33H34N2O5. The largest absolute Gasteiger partial charge is 0.508 e. The lowest BCUT2D eigenvalue weighted by Crippen LogP contribution is -2.49. The number of nitrogens with zero attached hydrogens (tertiary/aromatic N) is 2. The number of amides is 4. The predicted molar refractivity (Wildman–Crippen MR) is 148 cm³/mol. The zero-order chi connectivity index (χ0) is 27.8. The summed E-state index contributed by atoms with van der Waals surface area (Å²) in [4.78, 5) is 59.0. The third-order valence-corrected chi connectivity index (χ3v) is 10.5. The fraction of sp³-hybridized carbons (Fsp3) is 0.455. The van der Waals surface area contributed by atoms with Gasteiger partial charge in [0.1, 0.15) is 5.75 Å². The highest BCUT2D eigenvalue weighted by Gasteiger charge is 2.68. The monoisotopic (exact) mass is 538 g/mol. The van der Waals surface area contributed by atoms with Gasteiger partial charge in [0.15, 0.2) is 0 Å². The van der Waals surface area contributed by atoms with E-state index in [-0.39, 0.29) is 41.3 Å². The van der Waals surface area contributed by atoms with Crippen molar-refractivity contribution in [1.29, 1.82) is 0 Å². The number of likely N-dealkylation sites (tertiary alicyclic amines) is 1. The van der Waals surface area contributed by atoms with Gasteiger partial charge in [-0.1, -0.05) is 67.3 Å². The standard InChI is InChI=1S/C33H34N2O5/c1-33-25(30(38)35(32(33)40)20-12-6-3-7-13-20)18-24-21(28(33)22-14-8-9-15-26(22)36)16-17-23-27(24)31(39)34(29(23)37)19-10-4-2-5-11-19/h3,6-9,12-16,19,23-25,27-28,36H,2,4-5,10-11,17-18H2,1H3/t23-,24+,25-,27-,28+,33+/m0/s1. The van der Waals surface area contributed by atoms with Crippen LogP contribution in [0, 0.1) is 29.1 Å². The Morgan fingerprint density at radius 2 is 1.52 bits per heavy atom. The molecule has 0 spiro atoms. The lowest BCUT2D eigenvalue weighted by molar-refractivity contribution is -0.144. The first-order chi connectivity index (χ1) is 19.3. The summed E-state index contributed by atoms with van der Waals surface area (Å²) in [6, 6.07) is 15.9. The van der Waals surface area contributed by atoms with Gasteiger partial charge in [-0.05, 0) is 56.7 Å². The van der Waals surface area contributed by atoms with Gasteiger partial charge in [0, 0.05) is 17.5 Å². The molecule has 1 N–H and O–H groups in total. The summed E-state index contributed by atoms with van der Waals surface area (Å²) in [5.74, 6) is -3.30. The van der Waals surface area contributed by atoms with Gasteiger partial charge in [-0.2, -0.15) is 0 Å². The van der Waals surface area contributed by atoms with Gasteiger partial charge in [-0.3, -0.25) is 24.1 Å². The Morgan fingerprint density at radius 3 is 2.25 bits per heavy atom. The number of carbonyl (C=O) groups excluding carboxylic acids is 4. The smallest absolute Gasteiger partial charge is 0.241 e. The molecule has 206 valence electrons. The highest BCUT2D eigenvalue weighted by atomic mass is 16.3. The van der Waals surface area contributed by atoms with Crippen molar-refractivity contribution < 1.29 is 24.3 Å². The Hall–Kier alpha value is -3.74. The fourth-order valence-electron chi connectivity index (χ4n) is 8.64. The van der Waals surface area contributed by atoms with Crippen molar-refractivity contribution in [3.8, 4) is 5.75 Å². The molecule has 3 aliphatic carbocycles. The van der Waals surface area contributed by atoms with Crippen LogP contribution in [0.3, 0.4) is 0 Å². The van der Waals surface area contributed by atoms with Crippen LogP contribution in [-0.4, -0.2) is 39.7 Å². The summed E-state index contributed by atoms with van der Waals surface area (Å²) in [6.07, 6.45) is 7.67. The number of phenols is 1. The molecule has 7 nitrogen and oxygen atoms in total. The van der Waals surface area contributed by atoms with Crippen LogP contribution in [0.15, 0.2) is 66.2 Å². The van der Waals surface area contributed by atoms with Crippen molar-refractivity contribution in [2.45, 2.75) is 63.8 Å². The van der Waals surface area contributed by atoms with E-state index in [0.717, 1.165) is 37.7 Å². The quantitative estimate of drug-likeness (QED) is 0.441. The summed E-state index contributed by atoms with van der Waals surface area (Å²) < 4.78 is 0. The lowest BCUT2D eigenvalue weighted by Gasteiger charge is -2.49. The zero-order valence-electron chi connectivity index (χ0n) is 22.7. The van der Waals surface area contributed by atoms with Crippen molar-refractivity contribution >= 4 is 29.3 Å². The van der Waals surface area contributed by atoms with Gasteiger partial charge >= 0.3 is 0 Å². The average molecular weight is 539 g/mol. The lowest BCUT2D eigenvalue weighted by atomic mass is 9.51. The molecule has 7 heteroatoms. The third-order valence-electron chi connectivity index (χ3n) is 10.5. The summed E-state index contributed by atoms with van der Waals surface area (Å²) in [5, 5.41) is 11.0. The number of allylic oxidation sites excluding steroid dienone is 2. The molecule has 2 heterocycles. The number of aromatic hydroxyl groups is 1. The number of carbonyl (C=O) groups is 4. The van der Waals surface area contributed by atoms with Gasteiger partial charge in [-0.25, -0.2) is 4.90 Å². The van der Waals surface area contributed by atoms with Crippen molar-refractivity contribution in [2.24, 2.45) is 29.1 Å². The minimum absolute atomic E-state index is 0.0473. The number of fused-ring (bicyclic) bond motifs is 4. The molecule has 6 atom stereocenters. The molecule has 0 bridgehead atoms. The van der Waals surface area contributed by atoms with E-state index < -0.39 is 29.1 Å². The highest BCUT2D eigenvalue weighted by molar-refractivity contribution is 6.24. The normalized spacial score (nSPS) is 34.0. The van der Waals surface area contributed by atoms with E-state index in [1.807, 2.05) is 31.2 Å². The molecular weight excluding hydrogens is 504 g/mol. The van der Waals surface area contributed by atoms with E-state index in [1.165, 1.54) is 4.90 Å². The molecule has 4 fully saturated rings. The van der Waals surface area contributed by atoms with Crippen LogP contribution in [-0.2, 0) is 19.2 Å². The Bertz CT molecular complexity index is 1440. The number of hydrogen-bond acceptors (Lipinski definition) is 5. The van der Waals surface area contributed by atoms with Crippen LogP contribution < -0.4 is 4.90 Å². The van der Waals surface area contributed by atoms with Gasteiger partial charge in [0.25, 0.3) is 0 Å². The van der Waals surface area contributed by atoms with Crippen molar-refractivity contribution in [2.75, 3.05) is 4.90 Å². The molecule has 4 amide bonds. The second-order valence-corrected chi connectivity index (χ2v) is 12.4. The van der Waals surface area contributed by atoms with E-state index in [0.29, 0.717) is 24.1 Å². The van der Waals surface area contributed by atoms with Crippen LogP contribution in [0.2, 0.25) is 0 Å². The third kappa shape index (κ3) is 3.36. The maximum atomic E-state index is 14.3. The second kappa shape index (κ2) is 9.15. The molecule has 7 rings (SSSR count). The first-order valence-electron chi connectivity index (χ1n) is 14.6. The zero-order valence-corrected chi connectivity index (χ0v) is 22.7. The Balaban J connectivity index is 1.35. The first kappa shape index (κ1) is 25.2. The molecule has 2 aromatic rings. The number of rotatable bonds is 3. The summed E-state index contributed by atoms with van der Waals surface area (Å²) in [7, 11) is 0. The van der Waals surface area contributed by atoms with Crippen LogP contribution in [0.4, 0.5) is 5.69 Å². The Kier molecular flexibility index (Phi) is 5.77. The molecule has 2 aliphatic heterocycles. The second-order valence-electron chi connectivity index (χ2n) is 12.4. The van der Waals surface area contributed by atoms with Crippen molar-refractivity contribution in [3.05, 3.63) is 71.8 Å². The first-order valence-corrected chi connectivity index (χ1v) is 14.6. The number of imide groups is 2. The van der Waals surface area contributed by atoms with Crippen LogP contribution >= 0.6 is 0 Å². The van der Waals surface area contributed by atoms with Crippen LogP contribution in [0.25, 0.3) is 0 Å². The van der Waals surface area contributed by atoms with Crippen molar-refractivity contribution in [3.63, 3.8) is 0 Å². The van der Waals surface area contributed by atoms with E-state index >= 15 is 0 Å². The molecule has 5 aliphatic rings. The van der Waals surface area contributed by atoms with E-state index in [2.05, 4.69) is 0 Å². The number of hydrogen-bond donors (Lipinski definition) is 1. The number of anilines is 1. The van der Waals surface area contributed by atoms with Gasteiger partial charge < -0.3 is 5.11 Å². The fourth-order valence-corrected chi connectivity index (χ4v) is 8.64. The minimum Gasteiger partial charge on any atom is -0.508 e. The van der Waals surface area contributed by atoms with E-state index in [9.17, 15) is 24.3 Å². The molecule has 0 unspecified atom stereocenters. The number of phenolic OH excluding ortho intramolecular Hbond substituents is 1. The predicted octanol–water partition coefficient (Wildman–Crippen LogP) is 4.96. The highest BCUT2D eigenvalue weighted by Crippen LogP contribution is 2.64. The molecule has 2 aromatic carbocycles. The Morgan fingerprint density at radius 1 is 0.825 bits per heavy atom. The molecule has 2 saturated carbocycles. The number of benzene rings is 2. The SMILES string of the molecule is C[C@@]12C(=O)N(c3ccccc3)C(=O)[C@@H]1C[C@@H]1C(=CC[C@@H]3C(=O)N(C4CCCCC4)C(=O)[C@@H]31)[C@@H]2c1ccccc1O. The summed E-state index contributed by atoms with van der Waals surface area (Å²) in [5.41, 5.74) is 0.871. The van der Waals surface area contributed by atoms with Crippen molar-refractivity contribution in [1.82, 2.24) is 4.90 Å². The summed E-state index contributed by atoms with van der Waals surface area (Å²) >= 11 is 0. The van der Waals surface area contributed by atoms with Gasteiger partial charge in [-0.15, -0.1) is 0 Å². The van der Waals surface area contributed by atoms with Gasteiger partial charge in [0.05, 0.1) is 28.9 Å². The number of para-hydroxylation sites is 2. The Labute approximate surface area is 233 Å².